The van der Waals surface area contributed by atoms with E-state index in [9.17, 15) is 8.42 Å². The quantitative estimate of drug-likeness (QED) is 0.725. The summed E-state index contributed by atoms with van der Waals surface area (Å²) < 4.78 is 33.1. The Morgan fingerprint density at radius 1 is 1.25 bits per heavy atom. The van der Waals surface area contributed by atoms with E-state index >= 15 is 0 Å². The number of pyridine rings is 1. The van der Waals surface area contributed by atoms with E-state index in [0.29, 0.717) is 30.2 Å². The zero-order valence-electron chi connectivity index (χ0n) is 13.1. The molecule has 0 radical (unpaired) electrons. The molecule has 1 aromatic carbocycles. The van der Waals surface area contributed by atoms with E-state index in [-0.39, 0.29) is 4.90 Å². The Kier molecular flexibility index (Phi) is 3.58. The molecule has 1 saturated heterocycles. The van der Waals surface area contributed by atoms with E-state index < -0.39 is 16.1 Å². The van der Waals surface area contributed by atoms with E-state index in [2.05, 4.69) is 15.1 Å². The predicted molar refractivity (Wildman–Crippen MR) is 86.6 cm³/mol. The SMILES string of the molecule is Cc1noc(C2CCCN2S(=O)(=O)c2cccc3cccnc23)n1. The molecule has 0 bridgehead atoms. The minimum Gasteiger partial charge on any atom is -0.338 e. The van der Waals surface area contributed by atoms with E-state index in [4.69, 9.17) is 4.52 Å². The second kappa shape index (κ2) is 5.64. The van der Waals surface area contributed by atoms with Gasteiger partial charge in [-0.2, -0.15) is 9.29 Å². The molecule has 1 atom stereocenters. The first kappa shape index (κ1) is 15.2. The summed E-state index contributed by atoms with van der Waals surface area (Å²) in [6, 6.07) is 8.40. The topological polar surface area (TPSA) is 89.2 Å². The number of aryl methyl sites for hydroxylation is 1. The van der Waals surface area contributed by atoms with Gasteiger partial charge in [0.2, 0.25) is 15.9 Å². The summed E-state index contributed by atoms with van der Waals surface area (Å²) >= 11 is 0. The van der Waals surface area contributed by atoms with Crippen LogP contribution in [0.25, 0.3) is 10.9 Å². The molecule has 0 amide bonds. The molecule has 124 valence electrons. The summed E-state index contributed by atoms with van der Waals surface area (Å²) in [6.45, 7) is 2.15. The maximum atomic E-state index is 13.2. The normalized spacial score (nSPS) is 19.1. The van der Waals surface area contributed by atoms with Crippen LogP contribution in [0, 0.1) is 6.92 Å². The van der Waals surface area contributed by atoms with Gasteiger partial charge < -0.3 is 4.52 Å². The number of benzene rings is 1. The first-order valence-corrected chi connectivity index (χ1v) is 9.17. The fraction of sp³-hybridized carbons (Fsp3) is 0.312. The number of hydrogen-bond donors (Lipinski definition) is 0. The predicted octanol–water partition coefficient (Wildman–Crippen LogP) is 2.45. The molecular formula is C16H16N4O3S. The molecule has 0 aliphatic carbocycles. The molecule has 8 heteroatoms. The highest BCUT2D eigenvalue weighted by Crippen LogP contribution is 2.37. The highest BCUT2D eigenvalue weighted by Gasteiger charge is 2.40. The Hall–Kier alpha value is -2.32. The van der Waals surface area contributed by atoms with E-state index in [1.54, 1.807) is 31.3 Å². The lowest BCUT2D eigenvalue weighted by Crippen LogP contribution is -2.31. The Bertz CT molecular complexity index is 994. The largest absolute Gasteiger partial charge is 0.338 e. The number of sulfonamides is 1. The van der Waals surface area contributed by atoms with Gasteiger partial charge in [0.05, 0.1) is 5.52 Å². The molecule has 0 N–H and O–H groups in total. The van der Waals surface area contributed by atoms with Crippen molar-refractivity contribution < 1.29 is 12.9 Å². The van der Waals surface area contributed by atoms with Crippen LogP contribution in [-0.2, 0) is 10.0 Å². The fourth-order valence-electron chi connectivity index (χ4n) is 3.13. The summed E-state index contributed by atoms with van der Waals surface area (Å²) in [7, 11) is -3.71. The van der Waals surface area contributed by atoms with Crippen molar-refractivity contribution in [1.29, 1.82) is 0 Å². The number of para-hydroxylation sites is 1. The van der Waals surface area contributed by atoms with Gasteiger partial charge in [0.25, 0.3) is 0 Å². The van der Waals surface area contributed by atoms with Crippen LogP contribution in [0.2, 0.25) is 0 Å². The lowest BCUT2D eigenvalue weighted by molar-refractivity contribution is 0.289. The van der Waals surface area contributed by atoms with E-state index in [1.165, 1.54) is 4.31 Å². The highest BCUT2D eigenvalue weighted by molar-refractivity contribution is 7.89. The average molecular weight is 344 g/mol. The van der Waals surface area contributed by atoms with Crippen molar-refractivity contribution in [2.45, 2.75) is 30.7 Å². The fourth-order valence-corrected chi connectivity index (χ4v) is 4.95. The molecular weight excluding hydrogens is 328 g/mol. The number of fused-ring (bicyclic) bond motifs is 1. The molecule has 2 aromatic heterocycles. The highest BCUT2D eigenvalue weighted by atomic mass is 32.2. The van der Waals surface area contributed by atoms with Crippen molar-refractivity contribution in [3.8, 4) is 0 Å². The van der Waals surface area contributed by atoms with Gasteiger partial charge in [-0.1, -0.05) is 23.4 Å². The third kappa shape index (κ3) is 2.38. The van der Waals surface area contributed by atoms with Crippen LogP contribution in [0.4, 0.5) is 0 Å². The third-order valence-corrected chi connectivity index (χ3v) is 6.15. The molecule has 1 aliphatic heterocycles. The van der Waals surface area contributed by atoms with Gasteiger partial charge in [0, 0.05) is 18.1 Å². The summed E-state index contributed by atoms with van der Waals surface area (Å²) in [5.74, 6) is 0.850. The van der Waals surface area contributed by atoms with Crippen LogP contribution in [0.15, 0.2) is 45.9 Å². The number of hydrogen-bond acceptors (Lipinski definition) is 6. The summed E-state index contributed by atoms with van der Waals surface area (Å²) in [5, 5.41) is 4.57. The molecule has 1 fully saturated rings. The minimum absolute atomic E-state index is 0.212. The van der Waals surface area contributed by atoms with Crippen molar-refractivity contribution in [2.75, 3.05) is 6.54 Å². The van der Waals surface area contributed by atoms with Crippen molar-refractivity contribution >= 4 is 20.9 Å². The van der Waals surface area contributed by atoms with Crippen LogP contribution in [-0.4, -0.2) is 34.4 Å². The van der Waals surface area contributed by atoms with Crippen LogP contribution >= 0.6 is 0 Å². The van der Waals surface area contributed by atoms with Crippen LogP contribution in [0.3, 0.4) is 0 Å². The average Bonchev–Trinajstić information content (AvgIpc) is 3.23. The lowest BCUT2D eigenvalue weighted by Gasteiger charge is -2.21. The van der Waals surface area contributed by atoms with Crippen molar-refractivity contribution in [3.05, 3.63) is 48.2 Å². The molecule has 1 aliphatic rings. The Morgan fingerprint density at radius 2 is 2.08 bits per heavy atom. The van der Waals surface area contributed by atoms with Gasteiger partial charge in [-0.25, -0.2) is 8.42 Å². The molecule has 3 heterocycles. The van der Waals surface area contributed by atoms with Gasteiger partial charge >= 0.3 is 0 Å². The van der Waals surface area contributed by atoms with Gasteiger partial charge in [-0.05, 0) is 31.9 Å². The minimum atomic E-state index is -3.71. The number of nitrogens with zero attached hydrogens (tertiary/aromatic N) is 4. The molecule has 4 rings (SSSR count). The Labute approximate surface area is 139 Å². The molecule has 3 aromatic rings. The first-order valence-electron chi connectivity index (χ1n) is 7.73. The standard InChI is InChI=1S/C16H16N4O3S/c1-11-18-16(23-19-11)13-7-4-10-20(13)24(21,22)14-8-2-5-12-6-3-9-17-15(12)14/h2-3,5-6,8-9,13H,4,7,10H2,1H3. The second-order valence-corrected chi connectivity index (χ2v) is 7.64. The number of rotatable bonds is 3. The molecule has 1 unspecified atom stereocenters. The van der Waals surface area contributed by atoms with Crippen molar-refractivity contribution in [2.24, 2.45) is 0 Å². The van der Waals surface area contributed by atoms with Crippen molar-refractivity contribution in [1.82, 2.24) is 19.4 Å². The summed E-state index contributed by atoms with van der Waals surface area (Å²) in [5.41, 5.74) is 0.479. The van der Waals surface area contributed by atoms with Crippen LogP contribution < -0.4 is 0 Å². The summed E-state index contributed by atoms with van der Waals surface area (Å²) in [4.78, 5) is 8.69. The zero-order valence-corrected chi connectivity index (χ0v) is 13.9. The van der Waals surface area contributed by atoms with Crippen LogP contribution in [0.5, 0.6) is 0 Å². The monoisotopic (exact) mass is 344 g/mol. The van der Waals surface area contributed by atoms with E-state index in [0.717, 1.165) is 11.8 Å². The maximum absolute atomic E-state index is 13.2. The van der Waals surface area contributed by atoms with Crippen LogP contribution in [0.1, 0.15) is 30.6 Å². The second-order valence-electron chi connectivity index (χ2n) is 5.78. The van der Waals surface area contributed by atoms with Gasteiger partial charge in [0.15, 0.2) is 5.82 Å². The van der Waals surface area contributed by atoms with Gasteiger partial charge in [0.1, 0.15) is 10.9 Å². The van der Waals surface area contributed by atoms with Crippen molar-refractivity contribution in [3.63, 3.8) is 0 Å². The Morgan fingerprint density at radius 3 is 2.88 bits per heavy atom. The number of aromatic nitrogens is 3. The molecule has 0 saturated carbocycles. The maximum Gasteiger partial charge on any atom is 0.245 e. The summed E-state index contributed by atoms with van der Waals surface area (Å²) in [6.07, 6.45) is 3.02. The smallest absolute Gasteiger partial charge is 0.245 e. The third-order valence-electron chi connectivity index (χ3n) is 4.21. The molecule has 24 heavy (non-hydrogen) atoms. The van der Waals surface area contributed by atoms with E-state index in [1.807, 2.05) is 12.1 Å². The molecule has 0 spiro atoms. The lowest BCUT2D eigenvalue weighted by atomic mass is 10.2. The van der Waals surface area contributed by atoms with Gasteiger partial charge in [-0.3, -0.25) is 4.98 Å². The molecule has 7 nitrogen and oxygen atoms in total. The zero-order chi connectivity index (χ0) is 16.7. The Balaban J connectivity index is 1.81. The first-order chi connectivity index (χ1) is 11.6. The van der Waals surface area contributed by atoms with Gasteiger partial charge in [-0.15, -0.1) is 0 Å².